The van der Waals surface area contributed by atoms with Crippen molar-refractivity contribution in [1.29, 1.82) is 0 Å². The SMILES string of the molecule is Cc1ccccc1CN(C)S(=O)(=O)c1ccc(F)cc1N. The molecule has 112 valence electrons. The van der Waals surface area contributed by atoms with Gasteiger partial charge in [-0.05, 0) is 36.2 Å². The Hall–Kier alpha value is -1.92. The number of nitrogens with zero attached hydrogens (tertiary/aromatic N) is 1. The second kappa shape index (κ2) is 5.83. The first-order valence-corrected chi connectivity index (χ1v) is 7.82. The molecule has 0 radical (unpaired) electrons. The number of sulfonamides is 1. The van der Waals surface area contributed by atoms with Crippen molar-refractivity contribution >= 4 is 15.7 Å². The fourth-order valence-corrected chi connectivity index (χ4v) is 3.28. The predicted octanol–water partition coefficient (Wildman–Crippen LogP) is 2.54. The van der Waals surface area contributed by atoms with Gasteiger partial charge in [0, 0.05) is 13.6 Å². The molecular formula is C15H17FN2O2S. The van der Waals surface area contributed by atoms with E-state index in [-0.39, 0.29) is 17.1 Å². The molecule has 0 fully saturated rings. The molecule has 0 aliphatic carbocycles. The van der Waals surface area contributed by atoms with Gasteiger partial charge in [0.15, 0.2) is 0 Å². The summed E-state index contributed by atoms with van der Waals surface area (Å²) < 4.78 is 39.3. The highest BCUT2D eigenvalue weighted by atomic mass is 32.2. The summed E-state index contributed by atoms with van der Waals surface area (Å²) in [5.41, 5.74) is 7.44. The van der Waals surface area contributed by atoms with E-state index in [2.05, 4.69) is 0 Å². The molecule has 6 heteroatoms. The Morgan fingerprint density at radius 2 is 1.86 bits per heavy atom. The minimum absolute atomic E-state index is 0.0833. The van der Waals surface area contributed by atoms with Gasteiger partial charge in [0.2, 0.25) is 10.0 Å². The summed E-state index contributed by atoms with van der Waals surface area (Å²) in [5, 5.41) is 0. The Morgan fingerprint density at radius 3 is 2.48 bits per heavy atom. The van der Waals surface area contributed by atoms with Crippen molar-refractivity contribution < 1.29 is 12.8 Å². The van der Waals surface area contributed by atoms with Crippen LogP contribution in [0.1, 0.15) is 11.1 Å². The smallest absolute Gasteiger partial charge is 0.245 e. The number of halogens is 1. The van der Waals surface area contributed by atoms with Gasteiger partial charge in [-0.1, -0.05) is 24.3 Å². The fraction of sp³-hybridized carbons (Fsp3) is 0.200. The van der Waals surface area contributed by atoms with Crippen LogP contribution in [0.15, 0.2) is 47.4 Å². The molecule has 0 aromatic heterocycles. The van der Waals surface area contributed by atoms with Crippen molar-refractivity contribution in [2.45, 2.75) is 18.4 Å². The highest BCUT2D eigenvalue weighted by Crippen LogP contribution is 2.24. The molecule has 0 aliphatic rings. The van der Waals surface area contributed by atoms with E-state index in [0.717, 1.165) is 23.3 Å². The normalized spacial score (nSPS) is 11.8. The molecule has 0 spiro atoms. The van der Waals surface area contributed by atoms with E-state index >= 15 is 0 Å². The van der Waals surface area contributed by atoms with Gasteiger partial charge in [-0.25, -0.2) is 12.8 Å². The van der Waals surface area contributed by atoms with Gasteiger partial charge in [0.1, 0.15) is 10.7 Å². The fourth-order valence-electron chi connectivity index (χ4n) is 2.03. The third-order valence-electron chi connectivity index (χ3n) is 3.31. The highest BCUT2D eigenvalue weighted by Gasteiger charge is 2.23. The number of nitrogens with two attached hydrogens (primary N) is 1. The van der Waals surface area contributed by atoms with Crippen LogP contribution in [0.25, 0.3) is 0 Å². The topological polar surface area (TPSA) is 63.4 Å². The van der Waals surface area contributed by atoms with Crippen LogP contribution >= 0.6 is 0 Å². The van der Waals surface area contributed by atoms with Crippen LogP contribution in [0.5, 0.6) is 0 Å². The lowest BCUT2D eigenvalue weighted by Gasteiger charge is -2.19. The molecule has 0 bridgehead atoms. The molecule has 21 heavy (non-hydrogen) atoms. The number of hydrogen-bond acceptors (Lipinski definition) is 3. The molecule has 2 rings (SSSR count). The second-order valence-electron chi connectivity index (χ2n) is 4.87. The Kier molecular flexibility index (Phi) is 4.29. The van der Waals surface area contributed by atoms with Crippen molar-refractivity contribution in [2.24, 2.45) is 0 Å². The number of hydrogen-bond donors (Lipinski definition) is 1. The van der Waals surface area contributed by atoms with Crippen molar-refractivity contribution in [3.05, 3.63) is 59.4 Å². The molecule has 0 amide bonds. The molecule has 2 N–H and O–H groups in total. The molecule has 0 saturated heterocycles. The zero-order chi connectivity index (χ0) is 15.6. The van der Waals surface area contributed by atoms with Gasteiger partial charge in [0.25, 0.3) is 0 Å². The summed E-state index contributed by atoms with van der Waals surface area (Å²) in [4.78, 5) is -0.0833. The molecule has 0 heterocycles. The Balaban J connectivity index is 2.33. The van der Waals surface area contributed by atoms with E-state index in [9.17, 15) is 12.8 Å². The minimum atomic E-state index is -3.76. The molecule has 0 saturated carbocycles. The summed E-state index contributed by atoms with van der Waals surface area (Å²) in [6.07, 6.45) is 0. The monoisotopic (exact) mass is 308 g/mol. The summed E-state index contributed by atoms with van der Waals surface area (Å²) in [5.74, 6) is -0.562. The van der Waals surface area contributed by atoms with Crippen LogP contribution in [-0.2, 0) is 16.6 Å². The minimum Gasteiger partial charge on any atom is -0.398 e. The van der Waals surface area contributed by atoms with E-state index in [1.54, 1.807) is 0 Å². The van der Waals surface area contributed by atoms with Crippen LogP contribution in [0.2, 0.25) is 0 Å². The third kappa shape index (κ3) is 3.22. The zero-order valence-corrected chi connectivity index (χ0v) is 12.7. The number of aryl methyl sites for hydroxylation is 1. The number of rotatable bonds is 4. The summed E-state index contributed by atoms with van der Waals surface area (Å²) >= 11 is 0. The van der Waals surface area contributed by atoms with Crippen molar-refractivity contribution in [3.63, 3.8) is 0 Å². The first kappa shape index (κ1) is 15.5. The number of anilines is 1. The third-order valence-corrected chi connectivity index (χ3v) is 5.19. The zero-order valence-electron chi connectivity index (χ0n) is 11.9. The van der Waals surface area contributed by atoms with Crippen LogP contribution in [0, 0.1) is 12.7 Å². The van der Waals surface area contributed by atoms with Gasteiger partial charge < -0.3 is 5.73 Å². The van der Waals surface area contributed by atoms with Gasteiger partial charge >= 0.3 is 0 Å². The van der Waals surface area contributed by atoms with E-state index in [1.807, 2.05) is 31.2 Å². The Bertz CT molecular complexity index is 760. The van der Waals surface area contributed by atoms with E-state index in [4.69, 9.17) is 5.73 Å². The number of nitrogen functional groups attached to an aromatic ring is 1. The molecule has 0 atom stereocenters. The summed E-state index contributed by atoms with van der Waals surface area (Å²) in [6, 6.07) is 10.8. The molecule has 4 nitrogen and oxygen atoms in total. The maximum atomic E-state index is 13.0. The summed E-state index contributed by atoms with van der Waals surface area (Å²) in [6.45, 7) is 2.15. The van der Waals surface area contributed by atoms with Gasteiger partial charge in [-0.15, -0.1) is 0 Å². The molecule has 2 aromatic rings. The van der Waals surface area contributed by atoms with Crippen LogP contribution in [0.3, 0.4) is 0 Å². The van der Waals surface area contributed by atoms with Crippen LogP contribution in [-0.4, -0.2) is 19.8 Å². The molecule has 2 aromatic carbocycles. The van der Waals surface area contributed by atoms with Crippen LogP contribution < -0.4 is 5.73 Å². The first-order valence-electron chi connectivity index (χ1n) is 6.38. The van der Waals surface area contributed by atoms with E-state index in [1.165, 1.54) is 17.4 Å². The van der Waals surface area contributed by atoms with E-state index in [0.29, 0.717) is 0 Å². The maximum absolute atomic E-state index is 13.0. The van der Waals surface area contributed by atoms with Gasteiger partial charge in [-0.2, -0.15) is 4.31 Å². The van der Waals surface area contributed by atoms with Crippen molar-refractivity contribution in [3.8, 4) is 0 Å². The second-order valence-corrected chi connectivity index (χ2v) is 6.88. The molecular weight excluding hydrogens is 291 g/mol. The maximum Gasteiger partial charge on any atom is 0.245 e. The Morgan fingerprint density at radius 1 is 1.19 bits per heavy atom. The molecule has 0 unspecified atom stereocenters. The predicted molar refractivity (Wildman–Crippen MR) is 80.6 cm³/mol. The lowest BCUT2D eigenvalue weighted by molar-refractivity contribution is 0.466. The van der Waals surface area contributed by atoms with Gasteiger partial charge in [-0.3, -0.25) is 0 Å². The molecule has 0 aliphatic heterocycles. The average Bonchev–Trinajstić information content (AvgIpc) is 2.40. The average molecular weight is 308 g/mol. The van der Waals surface area contributed by atoms with E-state index < -0.39 is 15.8 Å². The highest BCUT2D eigenvalue weighted by molar-refractivity contribution is 7.89. The summed E-state index contributed by atoms with van der Waals surface area (Å²) in [7, 11) is -2.28. The lowest BCUT2D eigenvalue weighted by Crippen LogP contribution is -2.27. The van der Waals surface area contributed by atoms with Crippen molar-refractivity contribution in [1.82, 2.24) is 4.31 Å². The lowest BCUT2D eigenvalue weighted by atomic mass is 10.1. The van der Waals surface area contributed by atoms with Crippen LogP contribution in [0.4, 0.5) is 10.1 Å². The van der Waals surface area contributed by atoms with Gasteiger partial charge in [0.05, 0.1) is 5.69 Å². The quantitative estimate of drug-likeness (QED) is 0.883. The first-order chi connectivity index (χ1) is 9.82. The largest absolute Gasteiger partial charge is 0.398 e. The Labute approximate surface area is 124 Å². The van der Waals surface area contributed by atoms with Crippen molar-refractivity contribution in [2.75, 3.05) is 12.8 Å². The number of benzene rings is 2. The standard InChI is InChI=1S/C15H17FN2O2S/c1-11-5-3-4-6-12(11)10-18(2)21(19,20)15-8-7-13(16)9-14(15)17/h3-9H,10,17H2,1-2H3.